The van der Waals surface area contributed by atoms with Crippen LogP contribution in [-0.2, 0) is 13.0 Å². The molecule has 1 fully saturated rings. The highest BCUT2D eigenvalue weighted by Gasteiger charge is 2.32. The maximum absolute atomic E-state index is 13.4. The van der Waals surface area contributed by atoms with E-state index in [1.54, 1.807) is 6.07 Å². The molecule has 1 amide bonds. The SMILES string of the molecule is CN1CCN(C[C@@H]2Cc3ccccc3CN2C(=O)c2ccc(Br)cc2Cl)CC1. The predicted molar refractivity (Wildman–Crippen MR) is 117 cm³/mol. The zero-order chi connectivity index (χ0) is 19.7. The third-order valence-electron chi connectivity index (χ3n) is 5.84. The fourth-order valence-corrected chi connectivity index (χ4v) is 4.89. The standard InChI is InChI=1S/C22H25BrClN3O/c1-25-8-10-26(11-9-25)15-19-12-16-4-2-3-5-17(16)14-27(19)22(28)20-7-6-18(23)13-21(20)24/h2-7,13,19H,8-12,14-15H2,1H3/t19-/m0/s1. The maximum atomic E-state index is 13.4. The van der Waals surface area contributed by atoms with Crippen LogP contribution < -0.4 is 0 Å². The van der Waals surface area contributed by atoms with E-state index in [2.05, 4.69) is 57.0 Å². The van der Waals surface area contributed by atoms with E-state index in [0.717, 1.165) is 43.6 Å². The Morgan fingerprint density at radius 1 is 1.11 bits per heavy atom. The topological polar surface area (TPSA) is 26.8 Å². The number of rotatable bonds is 3. The minimum absolute atomic E-state index is 0.0196. The molecule has 4 rings (SSSR count). The van der Waals surface area contributed by atoms with Crippen LogP contribution in [0.15, 0.2) is 46.9 Å². The van der Waals surface area contributed by atoms with Crippen LogP contribution in [0.5, 0.6) is 0 Å². The molecule has 1 atom stereocenters. The Balaban J connectivity index is 1.60. The molecule has 2 aromatic carbocycles. The van der Waals surface area contributed by atoms with Crippen LogP contribution in [0.2, 0.25) is 5.02 Å². The number of likely N-dealkylation sites (N-methyl/N-ethyl adjacent to an activating group) is 1. The van der Waals surface area contributed by atoms with E-state index in [4.69, 9.17) is 11.6 Å². The van der Waals surface area contributed by atoms with Crippen LogP contribution in [0, 0.1) is 0 Å². The first-order valence-corrected chi connectivity index (χ1v) is 10.9. The van der Waals surface area contributed by atoms with Crippen LogP contribution in [0.4, 0.5) is 0 Å². The number of nitrogens with zero attached hydrogens (tertiary/aromatic N) is 3. The summed E-state index contributed by atoms with van der Waals surface area (Å²) in [5.41, 5.74) is 3.17. The Labute approximate surface area is 180 Å². The first-order valence-electron chi connectivity index (χ1n) is 9.75. The van der Waals surface area contributed by atoms with Gasteiger partial charge in [-0.3, -0.25) is 9.69 Å². The fraction of sp³-hybridized carbons (Fsp3) is 0.409. The van der Waals surface area contributed by atoms with Crippen molar-refractivity contribution in [2.45, 2.75) is 19.0 Å². The zero-order valence-corrected chi connectivity index (χ0v) is 18.4. The van der Waals surface area contributed by atoms with Crippen LogP contribution >= 0.6 is 27.5 Å². The van der Waals surface area contributed by atoms with Gasteiger partial charge in [0.15, 0.2) is 0 Å². The Hall–Kier alpha value is -1.40. The molecule has 0 saturated carbocycles. The third kappa shape index (κ3) is 4.28. The minimum atomic E-state index is 0.0196. The number of piperazine rings is 1. The number of hydrogen-bond acceptors (Lipinski definition) is 3. The average molecular weight is 463 g/mol. The molecule has 2 aromatic rings. The van der Waals surface area contributed by atoms with Gasteiger partial charge < -0.3 is 9.80 Å². The molecule has 28 heavy (non-hydrogen) atoms. The molecule has 4 nitrogen and oxygen atoms in total. The molecule has 0 bridgehead atoms. The van der Waals surface area contributed by atoms with Crippen molar-refractivity contribution in [1.29, 1.82) is 0 Å². The Morgan fingerprint density at radius 3 is 2.54 bits per heavy atom. The van der Waals surface area contributed by atoms with Crippen molar-refractivity contribution >= 4 is 33.4 Å². The molecule has 2 heterocycles. The smallest absolute Gasteiger partial charge is 0.255 e. The van der Waals surface area contributed by atoms with Crippen molar-refractivity contribution in [2.24, 2.45) is 0 Å². The van der Waals surface area contributed by atoms with Crippen LogP contribution in [-0.4, -0.2) is 66.4 Å². The van der Waals surface area contributed by atoms with Crippen molar-refractivity contribution < 1.29 is 4.79 Å². The summed E-state index contributed by atoms with van der Waals surface area (Å²) in [6.07, 6.45) is 0.891. The number of benzene rings is 2. The highest BCUT2D eigenvalue weighted by molar-refractivity contribution is 9.10. The summed E-state index contributed by atoms with van der Waals surface area (Å²) in [6.45, 7) is 5.80. The third-order valence-corrected chi connectivity index (χ3v) is 6.65. The van der Waals surface area contributed by atoms with E-state index in [0.29, 0.717) is 17.1 Å². The van der Waals surface area contributed by atoms with Gasteiger partial charge in [0.1, 0.15) is 0 Å². The Kier molecular flexibility index (Phi) is 6.07. The summed E-state index contributed by atoms with van der Waals surface area (Å²) < 4.78 is 0.882. The van der Waals surface area contributed by atoms with Gasteiger partial charge in [0.05, 0.1) is 10.6 Å². The molecule has 1 saturated heterocycles. The van der Waals surface area contributed by atoms with Gasteiger partial charge >= 0.3 is 0 Å². The summed E-state index contributed by atoms with van der Waals surface area (Å²) in [5, 5.41) is 0.497. The maximum Gasteiger partial charge on any atom is 0.255 e. The molecule has 0 radical (unpaired) electrons. The van der Waals surface area contributed by atoms with E-state index >= 15 is 0 Å². The molecule has 6 heteroatoms. The average Bonchev–Trinajstić information content (AvgIpc) is 2.69. The van der Waals surface area contributed by atoms with Crippen molar-refractivity contribution in [3.8, 4) is 0 Å². The lowest BCUT2D eigenvalue weighted by Gasteiger charge is -2.41. The number of halogens is 2. The molecular formula is C22H25BrClN3O. The molecule has 2 aliphatic heterocycles. The molecule has 148 valence electrons. The van der Waals surface area contributed by atoms with Gasteiger partial charge in [0, 0.05) is 49.8 Å². The lowest BCUT2D eigenvalue weighted by Crippen LogP contribution is -2.53. The number of hydrogen-bond donors (Lipinski definition) is 0. The number of carbonyl (C=O) groups excluding carboxylic acids is 1. The molecule has 0 aliphatic carbocycles. The summed E-state index contributed by atoms with van der Waals surface area (Å²) in [5.74, 6) is 0.0196. The zero-order valence-electron chi connectivity index (χ0n) is 16.1. The van der Waals surface area contributed by atoms with Gasteiger partial charge in [0.2, 0.25) is 0 Å². The van der Waals surface area contributed by atoms with Crippen LogP contribution in [0.3, 0.4) is 0 Å². The lowest BCUT2D eigenvalue weighted by molar-refractivity contribution is 0.0536. The second kappa shape index (κ2) is 8.54. The first-order chi connectivity index (χ1) is 13.5. The summed E-state index contributed by atoms with van der Waals surface area (Å²) in [4.78, 5) is 20.3. The molecule has 0 unspecified atom stereocenters. The highest BCUT2D eigenvalue weighted by atomic mass is 79.9. The largest absolute Gasteiger partial charge is 0.330 e. The first kappa shape index (κ1) is 19.9. The van der Waals surface area contributed by atoms with E-state index in [1.807, 2.05) is 17.0 Å². The van der Waals surface area contributed by atoms with Crippen LogP contribution in [0.25, 0.3) is 0 Å². The summed E-state index contributed by atoms with van der Waals surface area (Å²) >= 11 is 9.83. The normalized spacial score (nSPS) is 20.8. The second-order valence-corrected chi connectivity index (χ2v) is 9.11. The van der Waals surface area contributed by atoms with Crippen molar-refractivity contribution in [3.05, 3.63) is 68.7 Å². The van der Waals surface area contributed by atoms with Crippen molar-refractivity contribution in [1.82, 2.24) is 14.7 Å². The molecule has 0 N–H and O–H groups in total. The second-order valence-electron chi connectivity index (χ2n) is 7.79. The monoisotopic (exact) mass is 461 g/mol. The lowest BCUT2D eigenvalue weighted by atomic mass is 9.92. The van der Waals surface area contributed by atoms with E-state index in [9.17, 15) is 4.79 Å². The Bertz CT molecular complexity index is 867. The van der Waals surface area contributed by atoms with E-state index in [-0.39, 0.29) is 11.9 Å². The number of carbonyl (C=O) groups is 1. The van der Waals surface area contributed by atoms with Gasteiger partial charge in [-0.15, -0.1) is 0 Å². The quantitative estimate of drug-likeness (QED) is 0.692. The number of amides is 1. The summed E-state index contributed by atoms with van der Waals surface area (Å²) in [6, 6.07) is 14.1. The Morgan fingerprint density at radius 2 is 1.82 bits per heavy atom. The minimum Gasteiger partial charge on any atom is -0.330 e. The van der Waals surface area contributed by atoms with Crippen molar-refractivity contribution in [3.63, 3.8) is 0 Å². The van der Waals surface area contributed by atoms with E-state index in [1.165, 1.54) is 11.1 Å². The van der Waals surface area contributed by atoms with Gasteiger partial charge in [-0.1, -0.05) is 51.8 Å². The molecular weight excluding hydrogens is 438 g/mol. The molecule has 0 aromatic heterocycles. The predicted octanol–water partition coefficient (Wildman–Crippen LogP) is 3.92. The van der Waals surface area contributed by atoms with E-state index < -0.39 is 0 Å². The fourth-order valence-electron chi connectivity index (χ4n) is 4.13. The van der Waals surface area contributed by atoms with Crippen molar-refractivity contribution in [2.75, 3.05) is 39.8 Å². The van der Waals surface area contributed by atoms with Gasteiger partial charge in [-0.25, -0.2) is 0 Å². The molecule has 2 aliphatic rings. The van der Waals surface area contributed by atoms with Gasteiger partial charge in [-0.05, 0) is 42.8 Å². The number of fused-ring (bicyclic) bond motifs is 1. The molecule has 0 spiro atoms. The summed E-state index contributed by atoms with van der Waals surface area (Å²) in [7, 11) is 2.17. The van der Waals surface area contributed by atoms with Gasteiger partial charge in [-0.2, -0.15) is 0 Å². The van der Waals surface area contributed by atoms with Gasteiger partial charge in [0.25, 0.3) is 5.91 Å². The van der Waals surface area contributed by atoms with Crippen LogP contribution in [0.1, 0.15) is 21.5 Å². The highest BCUT2D eigenvalue weighted by Crippen LogP contribution is 2.29.